The molecule has 3 N–H and O–H groups in total. The first kappa shape index (κ1) is 14.5. The zero-order valence-electron chi connectivity index (χ0n) is 11.6. The fourth-order valence-electron chi connectivity index (χ4n) is 2.34. The van der Waals surface area contributed by atoms with Gasteiger partial charge in [0, 0.05) is 18.5 Å². The van der Waals surface area contributed by atoms with Gasteiger partial charge in [-0.3, -0.25) is 4.79 Å². The van der Waals surface area contributed by atoms with Crippen molar-refractivity contribution < 1.29 is 4.79 Å². The summed E-state index contributed by atoms with van der Waals surface area (Å²) in [4.78, 5) is 11.7. The third kappa shape index (κ3) is 6.67. The number of rotatable bonds is 4. The maximum Gasteiger partial charge on any atom is 0.220 e. The van der Waals surface area contributed by atoms with Gasteiger partial charge in [0.2, 0.25) is 5.91 Å². The summed E-state index contributed by atoms with van der Waals surface area (Å²) >= 11 is 0. The highest BCUT2D eigenvalue weighted by molar-refractivity contribution is 5.76. The second kappa shape index (κ2) is 6.39. The molecule has 0 aromatic rings. The summed E-state index contributed by atoms with van der Waals surface area (Å²) in [6.07, 6.45) is 6.95. The largest absolute Gasteiger partial charge is 0.353 e. The standard InChI is InChI=1S/C14H28N2O/c1-14(2,3)10-4-5-13(17)16-12-8-6-11(15)7-9-12/h11-12H,4-10,15H2,1-3H3,(H,16,17). The Labute approximate surface area is 106 Å². The topological polar surface area (TPSA) is 55.1 Å². The van der Waals surface area contributed by atoms with Crippen molar-refractivity contribution in [2.24, 2.45) is 11.1 Å². The number of amides is 1. The zero-order chi connectivity index (χ0) is 12.9. The molecule has 0 aromatic carbocycles. The number of hydrogen-bond acceptors (Lipinski definition) is 2. The van der Waals surface area contributed by atoms with Crippen LogP contribution in [-0.2, 0) is 4.79 Å². The molecule has 17 heavy (non-hydrogen) atoms. The van der Waals surface area contributed by atoms with Gasteiger partial charge in [-0.2, -0.15) is 0 Å². The van der Waals surface area contributed by atoms with Crippen LogP contribution >= 0.6 is 0 Å². The molecule has 0 aliphatic heterocycles. The Balaban J connectivity index is 2.13. The van der Waals surface area contributed by atoms with E-state index in [9.17, 15) is 4.79 Å². The third-order valence-corrected chi connectivity index (χ3v) is 3.47. The van der Waals surface area contributed by atoms with E-state index in [1.54, 1.807) is 0 Å². The van der Waals surface area contributed by atoms with Crippen LogP contribution in [0.3, 0.4) is 0 Å². The second-order valence-electron chi connectivity index (χ2n) is 6.59. The molecule has 0 spiro atoms. The van der Waals surface area contributed by atoms with Crippen LogP contribution < -0.4 is 11.1 Å². The molecular weight excluding hydrogens is 212 g/mol. The van der Waals surface area contributed by atoms with Crippen LogP contribution in [0.1, 0.15) is 65.7 Å². The van der Waals surface area contributed by atoms with Gasteiger partial charge >= 0.3 is 0 Å². The maximum atomic E-state index is 11.7. The van der Waals surface area contributed by atoms with Gasteiger partial charge in [0.25, 0.3) is 0 Å². The van der Waals surface area contributed by atoms with Crippen molar-refractivity contribution in [1.29, 1.82) is 0 Å². The van der Waals surface area contributed by atoms with E-state index in [1.165, 1.54) is 0 Å². The fourth-order valence-corrected chi connectivity index (χ4v) is 2.34. The van der Waals surface area contributed by atoms with E-state index >= 15 is 0 Å². The molecule has 0 aromatic heterocycles. The number of carbonyl (C=O) groups excluding carboxylic acids is 1. The van der Waals surface area contributed by atoms with E-state index in [0.717, 1.165) is 38.5 Å². The van der Waals surface area contributed by atoms with Crippen LogP contribution in [0.5, 0.6) is 0 Å². The van der Waals surface area contributed by atoms with Crippen molar-refractivity contribution in [3.8, 4) is 0 Å². The molecular formula is C14H28N2O. The van der Waals surface area contributed by atoms with E-state index in [1.807, 2.05) is 0 Å². The molecule has 100 valence electrons. The van der Waals surface area contributed by atoms with Crippen LogP contribution in [-0.4, -0.2) is 18.0 Å². The Hall–Kier alpha value is -0.570. The quantitative estimate of drug-likeness (QED) is 0.793. The Kier molecular flexibility index (Phi) is 5.44. The molecule has 1 saturated carbocycles. The van der Waals surface area contributed by atoms with Crippen molar-refractivity contribution in [3.63, 3.8) is 0 Å². The van der Waals surface area contributed by atoms with E-state index in [-0.39, 0.29) is 5.91 Å². The first-order chi connectivity index (χ1) is 7.87. The molecule has 1 aliphatic rings. The molecule has 0 heterocycles. The van der Waals surface area contributed by atoms with Crippen LogP contribution in [0.25, 0.3) is 0 Å². The van der Waals surface area contributed by atoms with Gasteiger partial charge in [-0.1, -0.05) is 20.8 Å². The van der Waals surface area contributed by atoms with Gasteiger partial charge in [0.1, 0.15) is 0 Å². The maximum absolute atomic E-state index is 11.7. The van der Waals surface area contributed by atoms with Crippen molar-refractivity contribution >= 4 is 5.91 Å². The monoisotopic (exact) mass is 240 g/mol. The van der Waals surface area contributed by atoms with Crippen LogP contribution in [0.4, 0.5) is 0 Å². The SMILES string of the molecule is CC(C)(C)CCCC(=O)NC1CCC(N)CC1. The molecule has 0 atom stereocenters. The van der Waals surface area contributed by atoms with E-state index in [0.29, 0.717) is 23.9 Å². The van der Waals surface area contributed by atoms with Gasteiger partial charge in [0.15, 0.2) is 0 Å². The summed E-state index contributed by atoms with van der Waals surface area (Å²) in [6.45, 7) is 6.65. The lowest BCUT2D eigenvalue weighted by Gasteiger charge is -2.27. The number of hydrogen-bond donors (Lipinski definition) is 2. The highest BCUT2D eigenvalue weighted by atomic mass is 16.1. The van der Waals surface area contributed by atoms with E-state index in [2.05, 4.69) is 26.1 Å². The van der Waals surface area contributed by atoms with Gasteiger partial charge in [-0.25, -0.2) is 0 Å². The molecule has 0 radical (unpaired) electrons. The minimum Gasteiger partial charge on any atom is -0.353 e. The van der Waals surface area contributed by atoms with Gasteiger partial charge in [-0.15, -0.1) is 0 Å². The van der Waals surface area contributed by atoms with E-state index in [4.69, 9.17) is 5.73 Å². The normalized spacial score (nSPS) is 25.6. The van der Waals surface area contributed by atoms with Crippen molar-refractivity contribution in [3.05, 3.63) is 0 Å². The number of nitrogens with one attached hydrogen (secondary N) is 1. The van der Waals surface area contributed by atoms with Gasteiger partial charge in [0.05, 0.1) is 0 Å². The predicted octanol–water partition coefficient (Wildman–Crippen LogP) is 2.59. The van der Waals surface area contributed by atoms with Gasteiger partial charge < -0.3 is 11.1 Å². The van der Waals surface area contributed by atoms with Crippen molar-refractivity contribution in [1.82, 2.24) is 5.32 Å². The molecule has 3 nitrogen and oxygen atoms in total. The van der Waals surface area contributed by atoms with E-state index < -0.39 is 0 Å². The molecule has 0 unspecified atom stereocenters. The molecule has 1 fully saturated rings. The summed E-state index contributed by atoms with van der Waals surface area (Å²) in [5, 5.41) is 3.13. The summed E-state index contributed by atoms with van der Waals surface area (Å²) in [7, 11) is 0. The van der Waals surface area contributed by atoms with Crippen LogP contribution in [0.2, 0.25) is 0 Å². The average molecular weight is 240 g/mol. The summed E-state index contributed by atoms with van der Waals surface area (Å²) in [6, 6.07) is 0.723. The predicted molar refractivity (Wildman–Crippen MR) is 71.7 cm³/mol. The average Bonchev–Trinajstić information content (AvgIpc) is 2.19. The summed E-state index contributed by atoms with van der Waals surface area (Å²) in [5.74, 6) is 0.217. The first-order valence-electron chi connectivity index (χ1n) is 6.92. The molecule has 1 amide bonds. The minimum absolute atomic E-state index is 0.217. The first-order valence-corrected chi connectivity index (χ1v) is 6.92. The lowest BCUT2D eigenvalue weighted by Crippen LogP contribution is -2.40. The Morgan fingerprint density at radius 1 is 1.24 bits per heavy atom. The third-order valence-electron chi connectivity index (χ3n) is 3.47. The zero-order valence-corrected chi connectivity index (χ0v) is 11.6. The molecule has 1 rings (SSSR count). The lowest BCUT2D eigenvalue weighted by atomic mass is 9.89. The molecule has 0 bridgehead atoms. The Bertz CT molecular complexity index is 237. The summed E-state index contributed by atoms with van der Waals surface area (Å²) in [5.41, 5.74) is 6.17. The molecule has 3 heteroatoms. The summed E-state index contributed by atoms with van der Waals surface area (Å²) < 4.78 is 0. The molecule has 1 aliphatic carbocycles. The number of carbonyl (C=O) groups is 1. The van der Waals surface area contributed by atoms with Crippen molar-refractivity contribution in [2.45, 2.75) is 77.8 Å². The Morgan fingerprint density at radius 3 is 2.35 bits per heavy atom. The highest BCUT2D eigenvalue weighted by Gasteiger charge is 2.20. The Morgan fingerprint density at radius 2 is 1.82 bits per heavy atom. The second-order valence-corrected chi connectivity index (χ2v) is 6.59. The smallest absolute Gasteiger partial charge is 0.220 e. The minimum atomic E-state index is 0.217. The molecule has 0 saturated heterocycles. The highest BCUT2D eigenvalue weighted by Crippen LogP contribution is 2.22. The van der Waals surface area contributed by atoms with Crippen LogP contribution in [0.15, 0.2) is 0 Å². The van der Waals surface area contributed by atoms with Crippen molar-refractivity contribution in [2.75, 3.05) is 0 Å². The lowest BCUT2D eigenvalue weighted by molar-refractivity contribution is -0.122. The van der Waals surface area contributed by atoms with Crippen LogP contribution in [0, 0.1) is 5.41 Å². The van der Waals surface area contributed by atoms with Gasteiger partial charge in [-0.05, 0) is 43.9 Å². The fraction of sp³-hybridized carbons (Fsp3) is 0.929. The number of nitrogens with two attached hydrogens (primary N) is 1.